The molecular formula is C13H15ClN2O3. The van der Waals surface area contributed by atoms with Gasteiger partial charge in [0.05, 0.1) is 4.92 Å². The van der Waals surface area contributed by atoms with E-state index in [1.54, 1.807) is 0 Å². The van der Waals surface area contributed by atoms with Crippen LogP contribution in [0.2, 0.25) is 5.02 Å². The first kappa shape index (κ1) is 13.8. The van der Waals surface area contributed by atoms with Gasteiger partial charge in [0.15, 0.2) is 0 Å². The van der Waals surface area contributed by atoms with Crippen LogP contribution in [-0.4, -0.2) is 17.4 Å². The van der Waals surface area contributed by atoms with E-state index in [9.17, 15) is 14.9 Å². The molecule has 2 rings (SSSR count). The molecular weight excluding hydrogens is 268 g/mol. The number of hydrogen-bond donors (Lipinski definition) is 1. The average Bonchev–Trinajstić information content (AvgIpc) is 2.88. The van der Waals surface area contributed by atoms with Gasteiger partial charge in [0.1, 0.15) is 5.56 Å². The second-order valence-electron chi connectivity index (χ2n) is 4.78. The van der Waals surface area contributed by atoms with Crippen molar-refractivity contribution in [2.45, 2.75) is 25.7 Å². The number of nitro groups is 1. The lowest BCUT2D eigenvalue weighted by Gasteiger charge is -2.10. The number of nitro benzene ring substituents is 1. The largest absolute Gasteiger partial charge is 0.352 e. The van der Waals surface area contributed by atoms with Crippen molar-refractivity contribution in [1.29, 1.82) is 0 Å². The quantitative estimate of drug-likeness (QED) is 0.681. The Morgan fingerprint density at radius 1 is 1.42 bits per heavy atom. The van der Waals surface area contributed by atoms with Crippen molar-refractivity contribution in [1.82, 2.24) is 5.32 Å². The molecule has 1 N–H and O–H groups in total. The lowest BCUT2D eigenvalue weighted by atomic mass is 10.1. The zero-order valence-corrected chi connectivity index (χ0v) is 11.2. The Morgan fingerprint density at radius 3 is 2.74 bits per heavy atom. The molecule has 6 heteroatoms. The van der Waals surface area contributed by atoms with Gasteiger partial charge in [-0.3, -0.25) is 14.9 Å². The van der Waals surface area contributed by atoms with Crippen LogP contribution in [0.1, 0.15) is 36.0 Å². The molecule has 0 bridgehead atoms. The Balaban J connectivity index is 2.08. The van der Waals surface area contributed by atoms with Gasteiger partial charge in [-0.1, -0.05) is 24.4 Å². The van der Waals surface area contributed by atoms with E-state index >= 15 is 0 Å². The summed E-state index contributed by atoms with van der Waals surface area (Å²) in [7, 11) is 0. The molecule has 0 aliphatic heterocycles. The lowest BCUT2D eigenvalue weighted by Crippen LogP contribution is -2.28. The van der Waals surface area contributed by atoms with Gasteiger partial charge < -0.3 is 5.32 Å². The zero-order chi connectivity index (χ0) is 13.8. The molecule has 102 valence electrons. The molecule has 0 atom stereocenters. The normalized spacial score (nSPS) is 15.4. The first-order chi connectivity index (χ1) is 9.08. The highest BCUT2D eigenvalue weighted by molar-refractivity contribution is 6.31. The molecule has 19 heavy (non-hydrogen) atoms. The van der Waals surface area contributed by atoms with Crippen molar-refractivity contribution in [3.63, 3.8) is 0 Å². The van der Waals surface area contributed by atoms with Crippen LogP contribution in [0.25, 0.3) is 0 Å². The van der Waals surface area contributed by atoms with Gasteiger partial charge in [0.25, 0.3) is 11.6 Å². The lowest BCUT2D eigenvalue weighted by molar-refractivity contribution is -0.385. The third kappa shape index (κ3) is 3.44. The number of rotatable bonds is 4. The molecule has 0 aromatic heterocycles. The predicted octanol–water partition coefficient (Wildman–Crippen LogP) is 3.17. The summed E-state index contributed by atoms with van der Waals surface area (Å²) in [4.78, 5) is 22.3. The molecule has 0 heterocycles. The Kier molecular flexibility index (Phi) is 4.37. The van der Waals surface area contributed by atoms with Crippen LogP contribution in [0.5, 0.6) is 0 Å². The van der Waals surface area contributed by atoms with Crippen molar-refractivity contribution in [3.8, 4) is 0 Å². The molecule has 1 aromatic rings. The van der Waals surface area contributed by atoms with E-state index in [2.05, 4.69) is 5.32 Å². The van der Waals surface area contributed by atoms with Crippen LogP contribution in [0.4, 0.5) is 5.69 Å². The van der Waals surface area contributed by atoms with Gasteiger partial charge in [0.2, 0.25) is 0 Å². The number of benzene rings is 1. The molecule has 1 aromatic carbocycles. The van der Waals surface area contributed by atoms with E-state index < -0.39 is 10.8 Å². The van der Waals surface area contributed by atoms with E-state index in [1.807, 2.05) is 0 Å². The average molecular weight is 283 g/mol. The minimum Gasteiger partial charge on any atom is -0.352 e. The molecule has 0 radical (unpaired) electrons. The first-order valence-corrected chi connectivity index (χ1v) is 6.68. The number of carbonyl (C=O) groups excluding carboxylic acids is 1. The maximum Gasteiger partial charge on any atom is 0.282 e. The van der Waals surface area contributed by atoms with Gasteiger partial charge >= 0.3 is 0 Å². The molecule has 5 nitrogen and oxygen atoms in total. The van der Waals surface area contributed by atoms with Crippen molar-refractivity contribution < 1.29 is 9.72 Å². The van der Waals surface area contributed by atoms with Crippen molar-refractivity contribution in [2.24, 2.45) is 5.92 Å². The minimum absolute atomic E-state index is 0.0236. The van der Waals surface area contributed by atoms with Gasteiger partial charge in [0, 0.05) is 17.6 Å². The Labute approximate surface area is 116 Å². The summed E-state index contributed by atoms with van der Waals surface area (Å²) < 4.78 is 0. The molecule has 1 aliphatic carbocycles. The fraction of sp³-hybridized carbons (Fsp3) is 0.462. The summed E-state index contributed by atoms with van der Waals surface area (Å²) in [6.07, 6.45) is 4.60. The maximum atomic E-state index is 12.0. The number of halogens is 1. The predicted molar refractivity (Wildman–Crippen MR) is 72.4 cm³/mol. The monoisotopic (exact) mass is 282 g/mol. The van der Waals surface area contributed by atoms with Gasteiger partial charge in [-0.2, -0.15) is 0 Å². The molecule has 1 saturated carbocycles. The molecule has 0 unspecified atom stereocenters. The minimum atomic E-state index is -0.569. The van der Waals surface area contributed by atoms with E-state index in [0.717, 1.165) is 12.8 Å². The summed E-state index contributed by atoms with van der Waals surface area (Å²) in [5.41, 5.74) is -0.191. The SMILES string of the molecule is O=C(NCC1CCCC1)c1cc(Cl)ccc1[N+](=O)[O-]. The maximum absolute atomic E-state index is 12.0. The van der Waals surface area contributed by atoms with E-state index in [-0.39, 0.29) is 11.3 Å². The number of nitrogens with one attached hydrogen (secondary N) is 1. The number of amides is 1. The van der Waals surface area contributed by atoms with Crippen LogP contribution in [0.3, 0.4) is 0 Å². The number of nitrogens with zero attached hydrogens (tertiary/aromatic N) is 1. The highest BCUT2D eigenvalue weighted by Gasteiger charge is 2.22. The third-order valence-corrected chi connectivity index (χ3v) is 3.66. The third-order valence-electron chi connectivity index (χ3n) is 3.43. The highest BCUT2D eigenvalue weighted by atomic mass is 35.5. The first-order valence-electron chi connectivity index (χ1n) is 6.30. The van der Waals surface area contributed by atoms with E-state index in [1.165, 1.54) is 31.0 Å². The number of carbonyl (C=O) groups is 1. The summed E-state index contributed by atoms with van der Waals surface area (Å²) in [5, 5.41) is 14.0. The summed E-state index contributed by atoms with van der Waals surface area (Å²) in [6, 6.07) is 4.00. The Hall–Kier alpha value is -1.62. The van der Waals surface area contributed by atoms with Crippen molar-refractivity contribution in [3.05, 3.63) is 38.9 Å². The molecule has 1 amide bonds. The van der Waals surface area contributed by atoms with E-state index in [0.29, 0.717) is 17.5 Å². The fourth-order valence-electron chi connectivity index (χ4n) is 2.40. The van der Waals surface area contributed by atoms with Gasteiger partial charge in [-0.15, -0.1) is 0 Å². The Bertz CT molecular complexity index is 499. The standard InChI is InChI=1S/C13H15ClN2O3/c14-10-5-6-12(16(18)19)11(7-10)13(17)15-8-9-3-1-2-4-9/h5-7,9H,1-4,8H2,(H,15,17). The van der Waals surface area contributed by atoms with Crippen LogP contribution < -0.4 is 5.32 Å². The zero-order valence-electron chi connectivity index (χ0n) is 10.4. The van der Waals surface area contributed by atoms with Crippen LogP contribution >= 0.6 is 11.6 Å². The molecule has 1 fully saturated rings. The second kappa shape index (κ2) is 6.02. The summed E-state index contributed by atoms with van der Waals surface area (Å²) >= 11 is 5.79. The topological polar surface area (TPSA) is 72.2 Å². The smallest absolute Gasteiger partial charge is 0.282 e. The van der Waals surface area contributed by atoms with Gasteiger partial charge in [-0.25, -0.2) is 0 Å². The van der Waals surface area contributed by atoms with Gasteiger partial charge in [-0.05, 0) is 30.9 Å². The van der Waals surface area contributed by atoms with Crippen molar-refractivity contribution >= 4 is 23.2 Å². The van der Waals surface area contributed by atoms with Crippen LogP contribution in [-0.2, 0) is 0 Å². The number of hydrogen-bond acceptors (Lipinski definition) is 3. The summed E-state index contributed by atoms with van der Waals surface area (Å²) in [5.74, 6) is 0.0586. The molecule has 1 aliphatic rings. The Morgan fingerprint density at radius 2 is 2.11 bits per heavy atom. The molecule has 0 saturated heterocycles. The fourth-order valence-corrected chi connectivity index (χ4v) is 2.57. The van der Waals surface area contributed by atoms with Crippen molar-refractivity contribution in [2.75, 3.05) is 6.54 Å². The van der Waals surface area contributed by atoms with Crippen LogP contribution in [0, 0.1) is 16.0 Å². The second-order valence-corrected chi connectivity index (χ2v) is 5.22. The highest BCUT2D eigenvalue weighted by Crippen LogP contribution is 2.25. The van der Waals surface area contributed by atoms with Crippen LogP contribution in [0.15, 0.2) is 18.2 Å². The van der Waals surface area contributed by atoms with E-state index in [4.69, 9.17) is 11.6 Å². The summed E-state index contributed by atoms with van der Waals surface area (Å²) in [6.45, 7) is 0.572. The molecule has 0 spiro atoms.